The Morgan fingerprint density at radius 3 is 2.33 bits per heavy atom. The Labute approximate surface area is 114 Å². The number of hydrogen-bond acceptors (Lipinski definition) is 3. The van der Waals surface area contributed by atoms with Crippen LogP contribution in [0.3, 0.4) is 0 Å². The first-order valence-corrected chi connectivity index (χ1v) is 6.77. The highest BCUT2D eigenvalue weighted by atomic mass is 35.5. The topological polar surface area (TPSA) is 30.5 Å². The second-order valence-corrected chi connectivity index (χ2v) is 4.40. The summed E-state index contributed by atoms with van der Waals surface area (Å²) in [5.74, 6) is 0. The summed E-state index contributed by atoms with van der Waals surface area (Å²) in [6.45, 7) is 7.94. The average Bonchev–Trinajstić information content (AvgIpc) is 2.36. The molecule has 1 aromatic carbocycles. The molecule has 0 aliphatic carbocycles. The van der Waals surface area contributed by atoms with Crippen molar-refractivity contribution in [1.82, 2.24) is 5.32 Å². The van der Waals surface area contributed by atoms with Crippen LogP contribution >= 0.6 is 11.6 Å². The third-order valence-electron chi connectivity index (χ3n) is 2.67. The molecule has 1 atom stereocenters. The molecule has 3 nitrogen and oxygen atoms in total. The summed E-state index contributed by atoms with van der Waals surface area (Å²) in [5.41, 5.74) is 1.09. The summed E-state index contributed by atoms with van der Waals surface area (Å²) in [6, 6.07) is 8.01. The molecule has 0 fully saturated rings. The molecule has 102 valence electrons. The molecule has 0 bridgehead atoms. The van der Waals surface area contributed by atoms with Crippen molar-refractivity contribution < 1.29 is 9.47 Å². The van der Waals surface area contributed by atoms with Crippen LogP contribution in [0.25, 0.3) is 0 Å². The van der Waals surface area contributed by atoms with Gasteiger partial charge in [0.05, 0.1) is 0 Å². The van der Waals surface area contributed by atoms with E-state index in [2.05, 4.69) is 12.2 Å². The van der Waals surface area contributed by atoms with E-state index in [4.69, 9.17) is 21.1 Å². The minimum atomic E-state index is -0.204. The van der Waals surface area contributed by atoms with Gasteiger partial charge >= 0.3 is 0 Å². The van der Waals surface area contributed by atoms with Crippen molar-refractivity contribution >= 4 is 11.6 Å². The number of benzene rings is 1. The van der Waals surface area contributed by atoms with Crippen LogP contribution in [0, 0.1) is 0 Å². The van der Waals surface area contributed by atoms with E-state index in [0.717, 1.165) is 10.6 Å². The van der Waals surface area contributed by atoms with Gasteiger partial charge in [0, 0.05) is 30.8 Å². The van der Waals surface area contributed by atoms with Gasteiger partial charge < -0.3 is 14.8 Å². The lowest BCUT2D eigenvalue weighted by molar-refractivity contribution is -0.133. The van der Waals surface area contributed by atoms with E-state index in [1.807, 2.05) is 38.1 Å². The molecule has 0 aliphatic heterocycles. The molecule has 0 aliphatic rings. The quantitative estimate of drug-likeness (QED) is 0.735. The average molecular weight is 272 g/mol. The Morgan fingerprint density at radius 1 is 1.17 bits per heavy atom. The van der Waals surface area contributed by atoms with E-state index in [-0.39, 0.29) is 12.3 Å². The van der Waals surface area contributed by atoms with Crippen LogP contribution in [0.5, 0.6) is 0 Å². The van der Waals surface area contributed by atoms with Crippen LogP contribution in [0.2, 0.25) is 5.02 Å². The second kappa shape index (κ2) is 8.48. The Kier molecular flexibility index (Phi) is 7.28. The molecule has 1 rings (SSSR count). The molecule has 0 saturated carbocycles. The van der Waals surface area contributed by atoms with Crippen LogP contribution in [0.15, 0.2) is 24.3 Å². The third kappa shape index (κ3) is 4.94. The van der Waals surface area contributed by atoms with Crippen molar-refractivity contribution in [3.05, 3.63) is 34.9 Å². The fourth-order valence-electron chi connectivity index (χ4n) is 1.75. The van der Waals surface area contributed by atoms with Crippen LogP contribution in [-0.4, -0.2) is 26.0 Å². The second-order valence-electron chi connectivity index (χ2n) is 3.99. The molecule has 18 heavy (non-hydrogen) atoms. The molecule has 0 radical (unpaired) electrons. The van der Waals surface area contributed by atoms with E-state index in [1.54, 1.807) is 0 Å². The van der Waals surface area contributed by atoms with Gasteiger partial charge in [-0.2, -0.15) is 0 Å². The summed E-state index contributed by atoms with van der Waals surface area (Å²) in [5, 5.41) is 4.15. The smallest absolute Gasteiger partial charge is 0.169 e. The molecule has 0 aromatic heterocycles. The summed E-state index contributed by atoms with van der Waals surface area (Å²) < 4.78 is 11.0. The Bertz CT molecular complexity index is 340. The first-order chi connectivity index (χ1) is 8.69. The highest BCUT2D eigenvalue weighted by Crippen LogP contribution is 2.21. The minimum absolute atomic E-state index is 0.169. The molecule has 0 saturated heterocycles. The monoisotopic (exact) mass is 271 g/mol. The summed E-state index contributed by atoms with van der Waals surface area (Å²) in [7, 11) is 0. The van der Waals surface area contributed by atoms with Crippen molar-refractivity contribution in [2.75, 3.05) is 19.8 Å². The molecule has 0 spiro atoms. The number of rotatable bonds is 8. The highest BCUT2D eigenvalue weighted by Gasteiger charge is 2.12. The zero-order chi connectivity index (χ0) is 13.4. The number of ether oxygens (including phenoxy) is 2. The fraction of sp³-hybridized carbons (Fsp3) is 0.571. The van der Waals surface area contributed by atoms with E-state index in [0.29, 0.717) is 19.8 Å². The van der Waals surface area contributed by atoms with Gasteiger partial charge in [0.15, 0.2) is 6.29 Å². The summed E-state index contributed by atoms with van der Waals surface area (Å²) in [6.07, 6.45) is -0.204. The zero-order valence-corrected chi connectivity index (χ0v) is 12.0. The Morgan fingerprint density at radius 2 is 1.78 bits per heavy atom. The maximum Gasteiger partial charge on any atom is 0.169 e. The van der Waals surface area contributed by atoms with Gasteiger partial charge in [-0.05, 0) is 32.4 Å². The lowest BCUT2D eigenvalue weighted by Gasteiger charge is -2.21. The van der Waals surface area contributed by atoms with Crippen molar-refractivity contribution in [3.8, 4) is 0 Å². The van der Waals surface area contributed by atoms with Crippen LogP contribution in [-0.2, 0) is 9.47 Å². The van der Waals surface area contributed by atoms with Crippen molar-refractivity contribution in [2.24, 2.45) is 0 Å². The van der Waals surface area contributed by atoms with E-state index in [1.165, 1.54) is 0 Å². The van der Waals surface area contributed by atoms with E-state index < -0.39 is 0 Å². The van der Waals surface area contributed by atoms with Crippen LogP contribution < -0.4 is 5.32 Å². The van der Waals surface area contributed by atoms with Crippen molar-refractivity contribution in [1.29, 1.82) is 0 Å². The fourth-order valence-corrected chi connectivity index (χ4v) is 2.05. The zero-order valence-electron chi connectivity index (χ0n) is 11.3. The first-order valence-electron chi connectivity index (χ1n) is 6.40. The van der Waals surface area contributed by atoms with Crippen molar-refractivity contribution in [2.45, 2.75) is 33.1 Å². The van der Waals surface area contributed by atoms with Gasteiger partial charge in [-0.3, -0.25) is 0 Å². The van der Waals surface area contributed by atoms with E-state index in [9.17, 15) is 0 Å². The molecule has 4 heteroatoms. The minimum Gasteiger partial charge on any atom is -0.352 e. The molecule has 1 N–H and O–H groups in total. The van der Waals surface area contributed by atoms with E-state index >= 15 is 0 Å². The summed E-state index contributed by atoms with van der Waals surface area (Å²) >= 11 is 6.15. The lowest BCUT2D eigenvalue weighted by atomic mass is 10.1. The standard InChI is InChI=1S/C14H22ClNO2/c1-4-17-14(18-5-2)10-16-11(3)12-8-6-7-9-13(12)15/h6-9,11,14,16H,4-5,10H2,1-3H3. The van der Waals surface area contributed by atoms with Gasteiger partial charge in [-0.1, -0.05) is 29.8 Å². The van der Waals surface area contributed by atoms with Gasteiger partial charge in [-0.25, -0.2) is 0 Å². The first kappa shape index (κ1) is 15.4. The molecule has 1 aromatic rings. The third-order valence-corrected chi connectivity index (χ3v) is 3.01. The molecule has 0 heterocycles. The van der Waals surface area contributed by atoms with Crippen molar-refractivity contribution in [3.63, 3.8) is 0 Å². The van der Waals surface area contributed by atoms with Gasteiger partial charge in [0.25, 0.3) is 0 Å². The SMILES string of the molecule is CCOC(CNC(C)c1ccccc1Cl)OCC. The largest absolute Gasteiger partial charge is 0.352 e. The number of hydrogen-bond donors (Lipinski definition) is 1. The normalized spacial score (nSPS) is 12.9. The van der Waals surface area contributed by atoms with Gasteiger partial charge in [0.1, 0.15) is 0 Å². The Balaban J connectivity index is 2.49. The predicted molar refractivity (Wildman–Crippen MR) is 74.9 cm³/mol. The molecular weight excluding hydrogens is 250 g/mol. The lowest BCUT2D eigenvalue weighted by Crippen LogP contribution is -2.33. The maximum absolute atomic E-state index is 6.15. The molecule has 1 unspecified atom stereocenters. The predicted octanol–water partition coefficient (Wildman–Crippen LogP) is 3.39. The summed E-state index contributed by atoms with van der Waals surface area (Å²) in [4.78, 5) is 0. The van der Waals surface area contributed by atoms with Gasteiger partial charge in [-0.15, -0.1) is 0 Å². The number of halogens is 1. The van der Waals surface area contributed by atoms with Crippen LogP contribution in [0.1, 0.15) is 32.4 Å². The Hall–Kier alpha value is -0.610. The molecular formula is C14H22ClNO2. The van der Waals surface area contributed by atoms with Crippen LogP contribution in [0.4, 0.5) is 0 Å². The molecule has 0 amide bonds. The highest BCUT2D eigenvalue weighted by molar-refractivity contribution is 6.31. The maximum atomic E-state index is 6.15. The van der Waals surface area contributed by atoms with Gasteiger partial charge in [0.2, 0.25) is 0 Å². The number of nitrogens with one attached hydrogen (secondary N) is 1.